The lowest BCUT2D eigenvalue weighted by atomic mass is 9.99. The molecule has 9 nitrogen and oxygen atoms in total. The molecule has 59 heavy (non-hydrogen) atoms. The first-order valence-corrected chi connectivity index (χ1v) is 25.3. The Kier molecular flexibility index (Phi) is 40.1. The van der Waals surface area contributed by atoms with E-state index in [1.807, 2.05) is 0 Å². The summed E-state index contributed by atoms with van der Waals surface area (Å²) in [5, 5.41) is 40.1. The van der Waals surface area contributed by atoms with E-state index in [1.165, 1.54) is 186 Å². The third-order valence-electron chi connectivity index (χ3n) is 11.9. The molecule has 1 saturated heterocycles. The van der Waals surface area contributed by atoms with Crippen LogP contribution < -0.4 is 0 Å². The highest BCUT2D eigenvalue weighted by atomic mass is 16.7. The van der Waals surface area contributed by atoms with Crippen LogP contribution in [-0.4, -0.2) is 89.6 Å². The van der Waals surface area contributed by atoms with Crippen LogP contribution in [-0.2, 0) is 23.7 Å². The van der Waals surface area contributed by atoms with Crippen LogP contribution in [0.2, 0.25) is 0 Å². The van der Waals surface area contributed by atoms with Gasteiger partial charge in [-0.2, -0.15) is 0 Å². The molecule has 0 aromatic rings. The van der Waals surface area contributed by atoms with Gasteiger partial charge in [0, 0.05) is 13.0 Å². The first kappa shape index (κ1) is 55.9. The summed E-state index contributed by atoms with van der Waals surface area (Å²) < 4.78 is 22.8. The molecule has 6 atom stereocenters. The van der Waals surface area contributed by atoms with Gasteiger partial charge in [-0.05, 0) is 38.5 Å². The summed E-state index contributed by atoms with van der Waals surface area (Å²) in [7, 11) is 0. The summed E-state index contributed by atoms with van der Waals surface area (Å²) >= 11 is 0. The van der Waals surface area contributed by atoms with E-state index >= 15 is 0 Å². The van der Waals surface area contributed by atoms with Crippen LogP contribution in [0.5, 0.6) is 0 Å². The predicted molar refractivity (Wildman–Crippen MR) is 243 cm³/mol. The zero-order valence-corrected chi connectivity index (χ0v) is 38.5. The van der Waals surface area contributed by atoms with E-state index in [1.54, 1.807) is 0 Å². The summed E-state index contributed by atoms with van der Waals surface area (Å²) in [5.74, 6) is -0.311. The fourth-order valence-electron chi connectivity index (χ4n) is 7.96. The SMILES string of the molecule is CCCCCCCCCC/C=C\CCCCCCCCCCCCCCCCOCC(COC1OC(CO)C(O)C(O)C1O)OC(=O)CCCCCCCCCCCC. The van der Waals surface area contributed by atoms with E-state index in [-0.39, 0.29) is 19.2 Å². The molecule has 1 fully saturated rings. The average molecular weight is 841 g/mol. The molecule has 0 amide bonds. The zero-order valence-electron chi connectivity index (χ0n) is 38.5. The van der Waals surface area contributed by atoms with Gasteiger partial charge in [0.15, 0.2) is 6.29 Å². The molecule has 1 aliphatic rings. The monoisotopic (exact) mass is 841 g/mol. The topological polar surface area (TPSA) is 135 Å². The van der Waals surface area contributed by atoms with Crippen LogP contribution in [0.1, 0.15) is 239 Å². The third kappa shape index (κ3) is 33.2. The van der Waals surface area contributed by atoms with E-state index in [9.17, 15) is 25.2 Å². The summed E-state index contributed by atoms with van der Waals surface area (Å²) in [6.07, 6.45) is 41.2. The Bertz CT molecular complexity index is 915. The summed E-state index contributed by atoms with van der Waals surface area (Å²) in [5.41, 5.74) is 0. The summed E-state index contributed by atoms with van der Waals surface area (Å²) in [6.45, 7) is 4.58. The molecule has 0 radical (unpaired) electrons. The van der Waals surface area contributed by atoms with Gasteiger partial charge in [0.2, 0.25) is 0 Å². The smallest absolute Gasteiger partial charge is 0.306 e. The molecular weight excluding hydrogens is 745 g/mol. The van der Waals surface area contributed by atoms with E-state index in [0.717, 1.165) is 32.1 Å². The number of rotatable bonds is 44. The molecule has 350 valence electrons. The van der Waals surface area contributed by atoms with Gasteiger partial charge in [0.25, 0.3) is 0 Å². The molecule has 0 bridgehead atoms. The lowest BCUT2D eigenvalue weighted by Crippen LogP contribution is -2.59. The minimum absolute atomic E-state index is 0.107. The predicted octanol–water partition coefficient (Wildman–Crippen LogP) is 12.0. The van der Waals surface area contributed by atoms with Gasteiger partial charge in [0.1, 0.15) is 30.5 Å². The molecule has 4 N–H and O–H groups in total. The lowest BCUT2D eigenvalue weighted by Gasteiger charge is -2.39. The maximum absolute atomic E-state index is 12.7. The van der Waals surface area contributed by atoms with Gasteiger partial charge in [-0.3, -0.25) is 4.79 Å². The van der Waals surface area contributed by atoms with Crippen molar-refractivity contribution in [2.45, 2.75) is 275 Å². The largest absolute Gasteiger partial charge is 0.457 e. The molecule has 6 unspecified atom stereocenters. The minimum atomic E-state index is -1.53. The van der Waals surface area contributed by atoms with E-state index < -0.39 is 43.4 Å². The van der Waals surface area contributed by atoms with Gasteiger partial charge < -0.3 is 39.4 Å². The van der Waals surface area contributed by atoms with Crippen molar-refractivity contribution < 1.29 is 44.2 Å². The standard InChI is InChI=1S/C50H96O9/c1-3-5-7-9-11-13-15-16-17-18-19-20-21-22-23-24-25-26-27-28-29-30-32-34-36-38-40-56-42-44(43-57-50-49(55)48(54)47(53)45(41-51)59-50)58-46(52)39-37-35-33-31-14-12-10-8-6-4-2/h18-19,44-45,47-51,53-55H,3-17,20-43H2,1-2H3/b19-18-. The Morgan fingerprint density at radius 1 is 0.525 bits per heavy atom. The van der Waals surface area contributed by atoms with E-state index in [0.29, 0.717) is 13.0 Å². The van der Waals surface area contributed by atoms with Gasteiger partial charge >= 0.3 is 5.97 Å². The quantitative estimate of drug-likeness (QED) is 0.0269. The molecule has 0 aliphatic carbocycles. The van der Waals surface area contributed by atoms with Crippen molar-refractivity contribution in [3.05, 3.63) is 12.2 Å². The van der Waals surface area contributed by atoms with Crippen molar-refractivity contribution in [2.75, 3.05) is 26.4 Å². The Balaban J connectivity index is 2.10. The maximum atomic E-state index is 12.7. The molecular formula is C50H96O9. The molecule has 0 aromatic carbocycles. The first-order chi connectivity index (χ1) is 28.9. The van der Waals surface area contributed by atoms with Crippen LogP contribution in [0.25, 0.3) is 0 Å². The Morgan fingerprint density at radius 3 is 1.37 bits per heavy atom. The van der Waals surface area contributed by atoms with Crippen molar-refractivity contribution in [3.63, 3.8) is 0 Å². The number of esters is 1. The van der Waals surface area contributed by atoms with Gasteiger partial charge in [-0.25, -0.2) is 0 Å². The highest BCUT2D eigenvalue weighted by molar-refractivity contribution is 5.69. The van der Waals surface area contributed by atoms with Crippen molar-refractivity contribution in [3.8, 4) is 0 Å². The van der Waals surface area contributed by atoms with E-state index in [2.05, 4.69) is 26.0 Å². The molecule has 0 aromatic heterocycles. The summed E-state index contributed by atoms with van der Waals surface area (Å²) in [6, 6.07) is 0. The number of unbranched alkanes of at least 4 members (excludes halogenated alkanes) is 31. The second kappa shape index (κ2) is 42.2. The number of hydrogen-bond donors (Lipinski definition) is 4. The third-order valence-corrected chi connectivity index (χ3v) is 11.9. The van der Waals surface area contributed by atoms with Crippen molar-refractivity contribution in [1.82, 2.24) is 0 Å². The molecule has 1 aliphatic heterocycles. The fourth-order valence-corrected chi connectivity index (χ4v) is 7.96. The number of carbonyl (C=O) groups is 1. The molecule has 1 heterocycles. The second-order valence-corrected chi connectivity index (χ2v) is 17.6. The second-order valence-electron chi connectivity index (χ2n) is 17.6. The number of hydrogen-bond acceptors (Lipinski definition) is 9. The van der Waals surface area contributed by atoms with Gasteiger partial charge in [0.05, 0.1) is 19.8 Å². The summed E-state index contributed by atoms with van der Waals surface area (Å²) in [4.78, 5) is 12.7. The maximum Gasteiger partial charge on any atom is 0.306 e. The highest BCUT2D eigenvalue weighted by Crippen LogP contribution is 2.23. The van der Waals surface area contributed by atoms with Crippen LogP contribution in [0.4, 0.5) is 0 Å². The number of aliphatic hydroxyl groups is 4. The van der Waals surface area contributed by atoms with Crippen molar-refractivity contribution in [1.29, 1.82) is 0 Å². The first-order valence-electron chi connectivity index (χ1n) is 25.3. The van der Waals surface area contributed by atoms with Crippen LogP contribution in [0, 0.1) is 0 Å². The van der Waals surface area contributed by atoms with Crippen LogP contribution >= 0.6 is 0 Å². The lowest BCUT2D eigenvalue weighted by molar-refractivity contribution is -0.305. The normalized spacial score (nSPS) is 20.1. The number of carbonyl (C=O) groups excluding carboxylic acids is 1. The molecule has 0 saturated carbocycles. The fraction of sp³-hybridized carbons (Fsp3) is 0.940. The van der Waals surface area contributed by atoms with Gasteiger partial charge in [-0.1, -0.05) is 206 Å². The Morgan fingerprint density at radius 2 is 0.932 bits per heavy atom. The molecule has 1 rings (SSSR count). The number of ether oxygens (including phenoxy) is 4. The number of aliphatic hydroxyl groups excluding tert-OH is 4. The van der Waals surface area contributed by atoms with Gasteiger partial charge in [-0.15, -0.1) is 0 Å². The highest BCUT2D eigenvalue weighted by Gasteiger charge is 2.44. The number of allylic oxidation sites excluding steroid dienone is 2. The molecule has 9 heteroatoms. The van der Waals surface area contributed by atoms with E-state index in [4.69, 9.17) is 18.9 Å². The van der Waals surface area contributed by atoms with Crippen molar-refractivity contribution in [2.24, 2.45) is 0 Å². The van der Waals surface area contributed by atoms with Crippen LogP contribution in [0.3, 0.4) is 0 Å². The minimum Gasteiger partial charge on any atom is -0.457 e. The average Bonchev–Trinajstić information content (AvgIpc) is 3.24. The Labute approximate surface area is 363 Å². The Hall–Kier alpha value is -1.07. The molecule has 0 spiro atoms. The zero-order chi connectivity index (χ0) is 42.9. The van der Waals surface area contributed by atoms with Crippen LogP contribution in [0.15, 0.2) is 12.2 Å². The van der Waals surface area contributed by atoms with Crippen molar-refractivity contribution >= 4 is 5.97 Å².